The van der Waals surface area contributed by atoms with Gasteiger partial charge in [-0.25, -0.2) is 9.97 Å². The molecule has 2 heterocycles. The van der Waals surface area contributed by atoms with Gasteiger partial charge in [-0.15, -0.1) is 0 Å². The van der Waals surface area contributed by atoms with E-state index in [1.807, 2.05) is 29.8 Å². The van der Waals surface area contributed by atoms with Gasteiger partial charge >= 0.3 is 0 Å². The van der Waals surface area contributed by atoms with Gasteiger partial charge in [-0.05, 0) is 35.6 Å². The van der Waals surface area contributed by atoms with Crippen molar-refractivity contribution in [1.82, 2.24) is 14.5 Å². The first-order chi connectivity index (χ1) is 9.88. The van der Waals surface area contributed by atoms with Crippen molar-refractivity contribution in [3.63, 3.8) is 0 Å². The molecule has 2 N–H and O–H groups in total. The molecule has 0 aliphatic rings. The lowest BCUT2D eigenvalue weighted by Gasteiger charge is -2.23. The summed E-state index contributed by atoms with van der Waals surface area (Å²) in [6, 6.07) is 10.3. The summed E-state index contributed by atoms with van der Waals surface area (Å²) >= 11 is 0. The molecule has 1 aromatic carbocycles. The molecular formula is C17H20N4. The normalized spacial score (nSPS) is 12.0. The second-order valence-electron chi connectivity index (χ2n) is 6.43. The zero-order chi connectivity index (χ0) is 15.2. The molecule has 0 aliphatic heterocycles. The number of nitrogens with zero attached hydrogens (tertiary/aromatic N) is 3. The number of anilines is 1. The molecule has 0 aliphatic carbocycles. The molecule has 0 amide bonds. The molecule has 0 bridgehead atoms. The van der Waals surface area contributed by atoms with Crippen molar-refractivity contribution in [2.45, 2.75) is 33.1 Å². The lowest BCUT2D eigenvalue weighted by molar-refractivity contribution is 0.587. The molecule has 0 fully saturated rings. The maximum absolute atomic E-state index is 6.16. The maximum Gasteiger partial charge on any atom is 0.207 e. The van der Waals surface area contributed by atoms with E-state index in [4.69, 9.17) is 5.73 Å². The minimum atomic E-state index is 0.0182. The Labute approximate surface area is 124 Å². The van der Waals surface area contributed by atoms with Gasteiger partial charge in [-0.2, -0.15) is 0 Å². The molecule has 2 aromatic heterocycles. The third-order valence-electron chi connectivity index (χ3n) is 3.61. The largest absolute Gasteiger partial charge is 0.369 e. The van der Waals surface area contributed by atoms with Gasteiger partial charge in [-0.1, -0.05) is 39.0 Å². The Balaban J connectivity index is 2.34. The van der Waals surface area contributed by atoms with Crippen LogP contribution in [0.1, 0.15) is 31.9 Å². The molecule has 0 saturated heterocycles. The predicted octanol–water partition coefficient (Wildman–Crippen LogP) is 3.61. The van der Waals surface area contributed by atoms with Gasteiger partial charge < -0.3 is 5.73 Å². The first-order valence-corrected chi connectivity index (χ1v) is 7.08. The van der Waals surface area contributed by atoms with Gasteiger partial charge in [0.05, 0.1) is 5.69 Å². The highest BCUT2D eigenvalue weighted by Gasteiger charge is 2.21. The molecular weight excluding hydrogens is 260 g/mol. The van der Waals surface area contributed by atoms with Gasteiger partial charge in [0.2, 0.25) is 5.95 Å². The summed E-state index contributed by atoms with van der Waals surface area (Å²) in [5.41, 5.74) is 11.2. The number of pyridine rings is 1. The van der Waals surface area contributed by atoms with Crippen molar-refractivity contribution >= 4 is 17.1 Å². The van der Waals surface area contributed by atoms with Crippen LogP contribution >= 0.6 is 0 Å². The number of nitrogen functional groups attached to an aromatic ring is 1. The lowest BCUT2D eigenvalue weighted by Crippen LogP contribution is -2.16. The summed E-state index contributed by atoms with van der Waals surface area (Å²) in [7, 11) is 0. The van der Waals surface area contributed by atoms with Crippen LogP contribution in [0.5, 0.6) is 0 Å². The molecule has 0 spiro atoms. The highest BCUT2D eigenvalue weighted by molar-refractivity contribution is 5.78. The smallest absolute Gasteiger partial charge is 0.207 e. The van der Waals surface area contributed by atoms with E-state index in [1.165, 1.54) is 5.56 Å². The molecule has 4 nitrogen and oxygen atoms in total. The summed E-state index contributed by atoms with van der Waals surface area (Å²) < 4.78 is 1.94. The number of nitrogens with two attached hydrogens (primary N) is 1. The van der Waals surface area contributed by atoms with E-state index in [-0.39, 0.29) is 5.41 Å². The first-order valence-electron chi connectivity index (χ1n) is 7.08. The average Bonchev–Trinajstić information content (AvgIpc) is 2.72. The van der Waals surface area contributed by atoms with E-state index in [0.717, 1.165) is 22.4 Å². The van der Waals surface area contributed by atoms with E-state index < -0.39 is 0 Å². The van der Waals surface area contributed by atoms with Crippen LogP contribution in [0.15, 0.2) is 36.5 Å². The molecule has 0 radical (unpaired) electrons. The molecule has 4 heteroatoms. The van der Waals surface area contributed by atoms with Crippen LogP contribution < -0.4 is 5.73 Å². The van der Waals surface area contributed by atoms with Gasteiger partial charge in [0.15, 0.2) is 5.65 Å². The number of para-hydroxylation sites is 1. The van der Waals surface area contributed by atoms with Crippen molar-refractivity contribution in [2.24, 2.45) is 0 Å². The third-order valence-corrected chi connectivity index (χ3v) is 3.61. The minimum absolute atomic E-state index is 0.0182. The topological polar surface area (TPSA) is 56.7 Å². The summed E-state index contributed by atoms with van der Waals surface area (Å²) in [4.78, 5) is 8.97. The van der Waals surface area contributed by atoms with Crippen LogP contribution in [-0.2, 0) is 5.41 Å². The van der Waals surface area contributed by atoms with Crippen molar-refractivity contribution in [3.05, 3.63) is 47.7 Å². The second-order valence-corrected chi connectivity index (χ2v) is 6.43. The highest BCUT2D eigenvalue weighted by atomic mass is 15.2. The van der Waals surface area contributed by atoms with Crippen LogP contribution in [-0.4, -0.2) is 14.5 Å². The molecule has 21 heavy (non-hydrogen) atoms. The Morgan fingerprint density at radius 2 is 1.86 bits per heavy atom. The van der Waals surface area contributed by atoms with Gasteiger partial charge in [0.25, 0.3) is 0 Å². The maximum atomic E-state index is 6.16. The molecule has 0 saturated carbocycles. The fraction of sp³-hybridized carbons (Fsp3) is 0.294. The van der Waals surface area contributed by atoms with E-state index in [2.05, 4.69) is 48.9 Å². The van der Waals surface area contributed by atoms with Crippen LogP contribution in [0.3, 0.4) is 0 Å². The van der Waals surface area contributed by atoms with Gasteiger partial charge in [0, 0.05) is 6.20 Å². The fourth-order valence-corrected chi connectivity index (χ4v) is 2.62. The quantitative estimate of drug-likeness (QED) is 0.741. The average molecular weight is 280 g/mol. The van der Waals surface area contributed by atoms with Gasteiger partial charge in [-0.3, -0.25) is 4.57 Å². The standard InChI is InChI=1S/C17H20N4/c1-11-9-13-15(19-10-11)21(16(18)20-13)14-8-6-5-7-12(14)17(2,3)4/h5-10H,1-4H3,(H2,18,20). The Bertz CT molecular complexity index is 809. The van der Waals surface area contributed by atoms with E-state index in [1.54, 1.807) is 0 Å². The van der Waals surface area contributed by atoms with E-state index >= 15 is 0 Å². The number of hydrogen-bond acceptors (Lipinski definition) is 3. The fourth-order valence-electron chi connectivity index (χ4n) is 2.62. The molecule has 108 valence electrons. The first kappa shape index (κ1) is 13.6. The highest BCUT2D eigenvalue weighted by Crippen LogP contribution is 2.31. The Morgan fingerprint density at radius 1 is 1.14 bits per heavy atom. The summed E-state index contributed by atoms with van der Waals surface area (Å²) in [5.74, 6) is 0.472. The number of hydrogen-bond donors (Lipinski definition) is 1. The Hall–Kier alpha value is -2.36. The monoisotopic (exact) mass is 280 g/mol. The number of fused-ring (bicyclic) bond motifs is 1. The van der Waals surface area contributed by atoms with Gasteiger partial charge in [0.1, 0.15) is 5.52 Å². The number of aryl methyl sites for hydroxylation is 1. The predicted molar refractivity (Wildman–Crippen MR) is 86.7 cm³/mol. The zero-order valence-corrected chi connectivity index (χ0v) is 12.9. The van der Waals surface area contributed by atoms with E-state index in [0.29, 0.717) is 5.95 Å². The molecule has 0 atom stereocenters. The summed E-state index contributed by atoms with van der Waals surface area (Å²) in [6.45, 7) is 8.58. The number of rotatable bonds is 1. The van der Waals surface area contributed by atoms with Crippen molar-refractivity contribution in [2.75, 3.05) is 5.73 Å². The molecule has 0 unspecified atom stereocenters. The van der Waals surface area contributed by atoms with Crippen molar-refractivity contribution < 1.29 is 0 Å². The second kappa shape index (κ2) is 4.58. The van der Waals surface area contributed by atoms with Crippen LogP contribution in [0.25, 0.3) is 16.9 Å². The zero-order valence-electron chi connectivity index (χ0n) is 12.9. The number of imidazole rings is 1. The number of aromatic nitrogens is 3. The van der Waals surface area contributed by atoms with E-state index in [9.17, 15) is 0 Å². The molecule has 3 rings (SSSR count). The SMILES string of the molecule is Cc1cnc2c(c1)nc(N)n2-c1ccccc1C(C)(C)C. The minimum Gasteiger partial charge on any atom is -0.369 e. The van der Waals surface area contributed by atoms with Crippen LogP contribution in [0.2, 0.25) is 0 Å². The van der Waals surface area contributed by atoms with Crippen molar-refractivity contribution in [3.8, 4) is 5.69 Å². The summed E-state index contributed by atoms with van der Waals surface area (Å²) in [5, 5.41) is 0. The number of benzene rings is 1. The molecule has 3 aromatic rings. The van der Waals surface area contributed by atoms with Crippen molar-refractivity contribution in [1.29, 1.82) is 0 Å². The third kappa shape index (κ3) is 2.27. The summed E-state index contributed by atoms with van der Waals surface area (Å²) in [6.07, 6.45) is 1.85. The Morgan fingerprint density at radius 3 is 2.57 bits per heavy atom. The lowest BCUT2D eigenvalue weighted by atomic mass is 9.86. The Kier molecular flexibility index (Phi) is 2.97. The van der Waals surface area contributed by atoms with Crippen LogP contribution in [0.4, 0.5) is 5.95 Å². The van der Waals surface area contributed by atoms with Crippen LogP contribution in [0, 0.1) is 6.92 Å².